The SMILES string of the molecule is Cc1ccc(N(c2ccc3c(c2)C(C)(C)c2ccccc2-3)c2ccc3c(c2)C2(c4ccccc4-c4ccccc42)c2cc(N(c4ccc(C)cc4)c4ccc5c(c4)C(C)(C)c4ccccc4-5)c4c5c(oc4c2-3)C=CCC5)cc1. The Bertz CT molecular complexity index is 4360. The second-order valence-corrected chi connectivity index (χ2v) is 23.6. The highest BCUT2D eigenvalue weighted by molar-refractivity contribution is 6.12. The van der Waals surface area contributed by atoms with Crippen LogP contribution >= 0.6 is 0 Å². The topological polar surface area (TPSA) is 19.6 Å². The fourth-order valence-corrected chi connectivity index (χ4v) is 15.0. The standard InChI is InChI=1S/C75H58N2O/c1-45-27-31-47(32-28-45)76(49-35-38-56-52-17-7-12-22-60(52)73(3,4)64(56)41-49)50-37-40-58-66(43-50)75(62-24-14-9-19-54(62)55-20-10-15-25-63(55)75)67-44-68(71-59-21-11-16-26-69(59)78-72(71)70(58)67)77(48-33-29-46(2)30-34-48)51-36-39-57-53-18-8-13-23-61(53)74(5,6)65(57)42-51/h7-10,12-20,22-44H,11,21H2,1-6H3. The number of aryl methyl sites for hydroxylation is 3. The van der Waals surface area contributed by atoms with Crippen LogP contribution in [0.5, 0.6) is 0 Å². The molecule has 10 aromatic carbocycles. The summed E-state index contributed by atoms with van der Waals surface area (Å²) in [5.41, 5.74) is 31.2. The minimum Gasteiger partial charge on any atom is -0.456 e. The first-order valence-corrected chi connectivity index (χ1v) is 27.9. The Balaban J connectivity index is 0.989. The molecule has 0 saturated heterocycles. The van der Waals surface area contributed by atoms with Crippen LogP contribution in [0.4, 0.5) is 34.1 Å². The van der Waals surface area contributed by atoms with Crippen LogP contribution in [-0.2, 0) is 22.7 Å². The molecule has 78 heavy (non-hydrogen) atoms. The van der Waals surface area contributed by atoms with Gasteiger partial charge in [-0.3, -0.25) is 0 Å². The van der Waals surface area contributed by atoms with Crippen molar-refractivity contribution in [2.24, 2.45) is 0 Å². The zero-order valence-electron chi connectivity index (χ0n) is 45.0. The first-order valence-electron chi connectivity index (χ1n) is 27.9. The van der Waals surface area contributed by atoms with E-state index in [2.05, 4.69) is 270 Å². The molecule has 0 bridgehead atoms. The van der Waals surface area contributed by atoms with Gasteiger partial charge in [0.2, 0.25) is 0 Å². The number of fused-ring (bicyclic) bond motifs is 20. The van der Waals surface area contributed by atoms with Crippen molar-refractivity contribution >= 4 is 51.2 Å². The Morgan fingerprint density at radius 2 is 0.808 bits per heavy atom. The van der Waals surface area contributed by atoms with Gasteiger partial charge in [-0.2, -0.15) is 0 Å². The maximum atomic E-state index is 7.49. The van der Waals surface area contributed by atoms with Gasteiger partial charge in [-0.05, 0) is 183 Å². The molecule has 1 heterocycles. The van der Waals surface area contributed by atoms with Crippen LogP contribution in [0, 0.1) is 13.8 Å². The Morgan fingerprint density at radius 1 is 0.385 bits per heavy atom. The molecule has 16 rings (SSSR count). The molecule has 1 spiro atoms. The van der Waals surface area contributed by atoms with Crippen LogP contribution in [0.3, 0.4) is 0 Å². The summed E-state index contributed by atoms with van der Waals surface area (Å²) < 4.78 is 7.49. The summed E-state index contributed by atoms with van der Waals surface area (Å²) in [4.78, 5) is 5.05. The van der Waals surface area contributed by atoms with E-state index in [-0.39, 0.29) is 10.8 Å². The molecule has 0 amide bonds. The van der Waals surface area contributed by atoms with Crippen molar-refractivity contribution in [3.05, 3.63) is 279 Å². The maximum absolute atomic E-state index is 7.49. The lowest BCUT2D eigenvalue weighted by molar-refractivity contribution is 0.596. The Labute approximate surface area is 457 Å². The highest BCUT2D eigenvalue weighted by Gasteiger charge is 2.54. The highest BCUT2D eigenvalue weighted by Crippen LogP contribution is 2.66. The molecule has 0 radical (unpaired) electrons. The third-order valence-electron chi connectivity index (χ3n) is 18.7. The Kier molecular flexibility index (Phi) is 9.33. The average Bonchev–Trinajstić information content (AvgIpc) is 4.41. The normalized spacial score (nSPS) is 15.5. The van der Waals surface area contributed by atoms with Crippen molar-refractivity contribution in [2.45, 2.75) is 70.6 Å². The molecule has 0 unspecified atom stereocenters. The summed E-state index contributed by atoms with van der Waals surface area (Å²) in [6.45, 7) is 13.9. The molecular weight excluding hydrogens is 945 g/mol. The molecule has 0 aliphatic heterocycles. The molecule has 374 valence electrons. The van der Waals surface area contributed by atoms with Gasteiger partial charge in [0.1, 0.15) is 11.3 Å². The van der Waals surface area contributed by atoms with E-state index in [1.54, 1.807) is 0 Å². The quantitative estimate of drug-likeness (QED) is 0.165. The summed E-state index contributed by atoms with van der Waals surface area (Å²) in [5.74, 6) is 0.957. The molecule has 0 saturated carbocycles. The lowest BCUT2D eigenvalue weighted by Gasteiger charge is -2.34. The van der Waals surface area contributed by atoms with Crippen LogP contribution in [0.1, 0.15) is 101 Å². The second kappa shape index (κ2) is 16.1. The minimum atomic E-state index is -0.693. The molecule has 1 aromatic heterocycles. The fourth-order valence-electron chi connectivity index (χ4n) is 15.0. The number of benzene rings is 10. The van der Waals surface area contributed by atoms with E-state index in [0.717, 1.165) is 58.3 Å². The largest absolute Gasteiger partial charge is 0.456 e. The van der Waals surface area contributed by atoms with E-state index < -0.39 is 5.41 Å². The van der Waals surface area contributed by atoms with Crippen molar-refractivity contribution in [3.63, 3.8) is 0 Å². The lowest BCUT2D eigenvalue weighted by Crippen LogP contribution is -2.26. The zero-order valence-corrected chi connectivity index (χ0v) is 45.0. The minimum absolute atomic E-state index is 0.157. The summed E-state index contributed by atoms with van der Waals surface area (Å²) in [6.07, 6.45) is 6.37. The lowest BCUT2D eigenvalue weighted by atomic mass is 9.70. The number of allylic oxidation sites excluding steroid dienone is 1. The Hall–Kier alpha value is -8.92. The molecule has 3 nitrogen and oxygen atoms in total. The zero-order chi connectivity index (χ0) is 52.4. The molecule has 3 heteroatoms. The summed E-state index contributed by atoms with van der Waals surface area (Å²) >= 11 is 0. The summed E-state index contributed by atoms with van der Waals surface area (Å²) in [7, 11) is 0. The van der Waals surface area contributed by atoms with E-state index >= 15 is 0 Å². The van der Waals surface area contributed by atoms with Crippen molar-refractivity contribution in [2.75, 3.05) is 9.80 Å². The smallest absolute Gasteiger partial charge is 0.145 e. The molecule has 5 aliphatic carbocycles. The number of furan rings is 1. The molecule has 5 aliphatic rings. The van der Waals surface area contributed by atoms with Gasteiger partial charge in [0, 0.05) is 55.8 Å². The van der Waals surface area contributed by atoms with Crippen molar-refractivity contribution in [1.29, 1.82) is 0 Å². The van der Waals surface area contributed by atoms with E-state index in [1.165, 1.54) is 111 Å². The first-order chi connectivity index (χ1) is 38.0. The molecule has 0 fully saturated rings. The van der Waals surface area contributed by atoms with Gasteiger partial charge < -0.3 is 14.2 Å². The molecular formula is C75H58N2O. The predicted molar refractivity (Wildman–Crippen MR) is 324 cm³/mol. The highest BCUT2D eigenvalue weighted by atomic mass is 16.3. The van der Waals surface area contributed by atoms with Crippen LogP contribution in [0.2, 0.25) is 0 Å². The first kappa shape index (κ1) is 45.3. The number of nitrogens with zero attached hydrogens (tertiary/aromatic N) is 2. The van der Waals surface area contributed by atoms with Crippen LogP contribution < -0.4 is 9.80 Å². The number of rotatable bonds is 6. The number of anilines is 6. The molecule has 0 atom stereocenters. The second-order valence-electron chi connectivity index (χ2n) is 23.6. The van der Waals surface area contributed by atoms with Crippen molar-refractivity contribution in [1.82, 2.24) is 0 Å². The predicted octanol–water partition coefficient (Wildman–Crippen LogP) is 19.9. The van der Waals surface area contributed by atoms with Gasteiger partial charge in [-0.25, -0.2) is 0 Å². The van der Waals surface area contributed by atoms with Gasteiger partial charge >= 0.3 is 0 Å². The Morgan fingerprint density at radius 3 is 1.35 bits per heavy atom. The van der Waals surface area contributed by atoms with Crippen LogP contribution in [0.15, 0.2) is 217 Å². The van der Waals surface area contributed by atoms with Crippen LogP contribution in [0.25, 0.3) is 61.6 Å². The van der Waals surface area contributed by atoms with Gasteiger partial charge in [-0.1, -0.05) is 184 Å². The van der Waals surface area contributed by atoms with E-state index in [0.29, 0.717) is 0 Å². The van der Waals surface area contributed by atoms with Gasteiger partial charge in [0.15, 0.2) is 0 Å². The molecule has 11 aromatic rings. The number of hydrogen-bond acceptors (Lipinski definition) is 3. The van der Waals surface area contributed by atoms with Crippen LogP contribution in [-0.4, -0.2) is 0 Å². The monoisotopic (exact) mass is 1000 g/mol. The van der Waals surface area contributed by atoms with Crippen molar-refractivity contribution in [3.8, 4) is 44.5 Å². The van der Waals surface area contributed by atoms with E-state index in [1.807, 2.05) is 0 Å². The average molecular weight is 1000 g/mol. The van der Waals surface area contributed by atoms with Gasteiger partial charge in [-0.15, -0.1) is 0 Å². The summed E-state index contributed by atoms with van der Waals surface area (Å²) in [5, 5.41) is 1.19. The third kappa shape index (κ3) is 5.99. The number of hydrogen-bond donors (Lipinski definition) is 0. The van der Waals surface area contributed by atoms with E-state index in [4.69, 9.17) is 4.42 Å². The van der Waals surface area contributed by atoms with E-state index in [9.17, 15) is 0 Å². The van der Waals surface area contributed by atoms with Gasteiger partial charge in [0.05, 0.1) is 11.1 Å². The fraction of sp³-hybridized carbons (Fsp3) is 0.147. The van der Waals surface area contributed by atoms with Crippen molar-refractivity contribution < 1.29 is 4.42 Å². The van der Waals surface area contributed by atoms with Gasteiger partial charge in [0.25, 0.3) is 0 Å². The third-order valence-corrected chi connectivity index (χ3v) is 18.7. The summed E-state index contributed by atoms with van der Waals surface area (Å²) in [6, 6.07) is 78.8. The molecule has 0 N–H and O–H groups in total. The maximum Gasteiger partial charge on any atom is 0.145 e.